The lowest BCUT2D eigenvalue weighted by molar-refractivity contribution is -0.279. The Morgan fingerprint density at radius 3 is 1.43 bits per heavy atom. The summed E-state index contributed by atoms with van der Waals surface area (Å²) in [5, 5.41) is 32.0. The van der Waals surface area contributed by atoms with Crippen LogP contribution in [0.5, 0.6) is 0 Å². The highest BCUT2D eigenvalue weighted by Crippen LogP contribution is 2.59. The van der Waals surface area contributed by atoms with E-state index in [2.05, 4.69) is 65.7 Å². The second-order valence-corrected chi connectivity index (χ2v) is 20.0. The van der Waals surface area contributed by atoms with Crippen LogP contribution in [-0.4, -0.2) is 59.6 Å². The molecular weight excluding hydrogens is 866 g/mol. The van der Waals surface area contributed by atoms with Crippen LogP contribution < -0.4 is 0 Å². The Kier molecular flexibility index (Phi) is 11.8. The van der Waals surface area contributed by atoms with Crippen molar-refractivity contribution in [1.82, 2.24) is 19.6 Å². The number of aryl methyl sites for hydroxylation is 2. The molecule has 65 heavy (non-hydrogen) atoms. The Bertz CT molecular complexity index is 2700. The second kappa shape index (κ2) is 16.7. The van der Waals surface area contributed by atoms with E-state index in [-0.39, 0.29) is 54.2 Å². The average molecular weight is 921 g/mol. The van der Waals surface area contributed by atoms with Crippen molar-refractivity contribution in [2.75, 3.05) is 6.26 Å². The molecule has 2 heterocycles. The molecule has 2 saturated carbocycles. The van der Waals surface area contributed by atoms with E-state index in [4.69, 9.17) is 0 Å². The van der Waals surface area contributed by atoms with Crippen LogP contribution in [0, 0.1) is 17.7 Å². The highest BCUT2D eigenvalue weighted by Gasteiger charge is 2.62. The summed E-state index contributed by atoms with van der Waals surface area (Å²) in [6, 6.07) is 23.0. The maximum atomic E-state index is 13.7. The van der Waals surface area contributed by atoms with Crippen molar-refractivity contribution in [1.29, 1.82) is 0 Å². The van der Waals surface area contributed by atoms with Crippen LogP contribution in [-0.2, 0) is 23.7 Å². The SMILES string of the molecule is CC[C@@]12CC[C@](O)(C(F)(F)F)C[C@H]1CCCc1cc3c(cnn3-c3ccc(F)cc3)cc12.CC[C@@]12CC[C@](O)(C(F)(F)F)C[C@H]1CCCc1cc3c(cnn3-c3ccc(SC)cc3)cc12. The molecule has 2 N–H and O–H groups in total. The van der Waals surface area contributed by atoms with Crippen LogP contribution in [0.4, 0.5) is 30.7 Å². The van der Waals surface area contributed by atoms with Crippen molar-refractivity contribution in [3.05, 3.63) is 113 Å². The smallest absolute Gasteiger partial charge is 0.380 e. The topological polar surface area (TPSA) is 76.1 Å². The van der Waals surface area contributed by atoms with Gasteiger partial charge in [-0.1, -0.05) is 13.8 Å². The highest BCUT2D eigenvalue weighted by molar-refractivity contribution is 7.98. The zero-order valence-corrected chi connectivity index (χ0v) is 37.7. The molecule has 4 aliphatic carbocycles. The summed E-state index contributed by atoms with van der Waals surface area (Å²) in [5.41, 5.74) is 2.43. The number of rotatable bonds is 5. The molecule has 6 nitrogen and oxygen atoms in total. The minimum Gasteiger partial charge on any atom is -0.380 e. The number of halogens is 7. The number of nitrogens with zero attached hydrogens (tertiary/aromatic N) is 4. The first-order chi connectivity index (χ1) is 30.9. The first-order valence-corrected chi connectivity index (χ1v) is 24.1. The van der Waals surface area contributed by atoms with Crippen LogP contribution >= 0.6 is 11.8 Å². The van der Waals surface area contributed by atoms with Gasteiger partial charge >= 0.3 is 12.4 Å². The third kappa shape index (κ3) is 7.76. The van der Waals surface area contributed by atoms with E-state index in [0.717, 1.165) is 82.8 Å². The third-order valence-electron chi connectivity index (χ3n) is 16.1. The van der Waals surface area contributed by atoms with Crippen molar-refractivity contribution < 1.29 is 40.9 Å². The average Bonchev–Trinajstić information content (AvgIpc) is 3.81. The van der Waals surface area contributed by atoms with Gasteiger partial charge in [-0.3, -0.25) is 0 Å². The van der Waals surface area contributed by atoms with Crippen molar-refractivity contribution in [3.8, 4) is 11.4 Å². The zero-order valence-electron chi connectivity index (χ0n) is 36.9. The van der Waals surface area contributed by atoms with E-state index in [1.807, 2.05) is 24.1 Å². The Labute approximate surface area is 378 Å². The first kappa shape index (κ1) is 45.7. The molecule has 2 aromatic heterocycles. The molecule has 0 unspecified atom stereocenters. The molecule has 2 fully saturated rings. The van der Waals surface area contributed by atoms with Crippen LogP contribution in [0.1, 0.15) is 113 Å². The van der Waals surface area contributed by atoms with E-state index in [9.17, 15) is 40.9 Å². The van der Waals surface area contributed by atoms with Gasteiger partial charge in [0.2, 0.25) is 0 Å². The van der Waals surface area contributed by atoms with E-state index < -0.39 is 23.6 Å². The minimum atomic E-state index is -4.61. The van der Waals surface area contributed by atoms with Crippen LogP contribution in [0.3, 0.4) is 0 Å². The number of alkyl halides is 6. The van der Waals surface area contributed by atoms with E-state index in [1.54, 1.807) is 34.8 Å². The fraction of sp³-hybridized carbons (Fsp3) is 0.490. The Morgan fingerprint density at radius 1 is 0.631 bits per heavy atom. The summed E-state index contributed by atoms with van der Waals surface area (Å²) in [6.07, 6.45) is 2.30. The highest BCUT2D eigenvalue weighted by atomic mass is 32.2. The van der Waals surface area contributed by atoms with Crippen LogP contribution in [0.15, 0.2) is 90.1 Å². The van der Waals surface area contributed by atoms with Gasteiger partial charge < -0.3 is 10.2 Å². The molecule has 0 bridgehead atoms. The van der Waals surface area contributed by atoms with Crippen molar-refractivity contribution in [2.45, 2.75) is 143 Å². The number of aliphatic hydroxyl groups is 2. The summed E-state index contributed by atoms with van der Waals surface area (Å²) in [5.74, 6) is -0.722. The normalized spacial score (nSPS) is 28.0. The fourth-order valence-electron chi connectivity index (χ4n) is 12.3. The van der Waals surface area contributed by atoms with E-state index in [0.29, 0.717) is 25.7 Å². The van der Waals surface area contributed by atoms with Gasteiger partial charge in [0.25, 0.3) is 0 Å². The molecule has 4 aromatic carbocycles. The molecular formula is C51H55F7N4O2S. The largest absolute Gasteiger partial charge is 0.417 e. The Morgan fingerprint density at radius 2 is 1.05 bits per heavy atom. The molecule has 0 aliphatic heterocycles. The molecule has 0 spiro atoms. The van der Waals surface area contributed by atoms with Gasteiger partial charge in [-0.05, 0) is 214 Å². The molecule has 0 amide bonds. The predicted molar refractivity (Wildman–Crippen MR) is 240 cm³/mol. The number of hydrogen-bond donors (Lipinski definition) is 2. The molecule has 6 aromatic rings. The summed E-state index contributed by atoms with van der Waals surface area (Å²) in [4.78, 5) is 1.19. The molecule has 346 valence electrons. The van der Waals surface area contributed by atoms with Crippen LogP contribution in [0.25, 0.3) is 33.2 Å². The number of aromatic nitrogens is 4. The van der Waals surface area contributed by atoms with Gasteiger partial charge in [-0.15, -0.1) is 11.8 Å². The van der Waals surface area contributed by atoms with E-state index in [1.165, 1.54) is 28.2 Å². The lowest BCUT2D eigenvalue weighted by atomic mass is 9.56. The molecule has 4 aliphatic rings. The summed E-state index contributed by atoms with van der Waals surface area (Å²) in [6.45, 7) is 4.13. The van der Waals surface area contributed by atoms with Gasteiger partial charge in [-0.2, -0.15) is 36.5 Å². The predicted octanol–water partition coefficient (Wildman–Crippen LogP) is 13.1. The monoisotopic (exact) mass is 920 g/mol. The molecule has 0 saturated heterocycles. The number of benzene rings is 4. The first-order valence-electron chi connectivity index (χ1n) is 22.9. The van der Waals surface area contributed by atoms with Crippen molar-refractivity contribution >= 4 is 33.6 Å². The lowest BCUT2D eigenvalue weighted by Gasteiger charge is -2.50. The maximum Gasteiger partial charge on any atom is 0.417 e. The number of hydrogen-bond acceptors (Lipinski definition) is 5. The minimum absolute atomic E-state index is 0.185. The third-order valence-corrected chi connectivity index (χ3v) is 16.8. The second-order valence-electron chi connectivity index (χ2n) is 19.1. The van der Waals surface area contributed by atoms with Gasteiger partial charge in [0.05, 0.1) is 34.8 Å². The molecule has 10 rings (SSSR count). The summed E-state index contributed by atoms with van der Waals surface area (Å²) < 4.78 is 99.0. The number of fused-ring (bicyclic) bond motifs is 8. The van der Waals surface area contributed by atoms with Gasteiger partial charge in [0.1, 0.15) is 5.82 Å². The molecule has 6 atom stereocenters. The van der Waals surface area contributed by atoms with Crippen molar-refractivity contribution in [3.63, 3.8) is 0 Å². The van der Waals surface area contributed by atoms with Crippen LogP contribution in [0.2, 0.25) is 0 Å². The standard InChI is InChI=1S/C26H29F3N2OS.C25H26F4N2O/c1-3-24-11-12-25(32,26(27,28)29)15-19(24)6-4-5-17-14-23-18(13-22(17)24)16-30-31(23)20-7-9-21(33-2)10-8-20;1-2-23-10-11-24(32,25(27,28)29)14-18(23)5-3-4-16-13-22-17(12-21(16)23)15-30-31(22)20-8-6-19(26)7-9-20/h7-10,13-14,16,19,32H,3-6,11-12,15H2,1-2H3;6-9,12-13,15,18,32H,2-5,10-11,14H2,1H3/t19-,24-,25-;18-,23-,24-/m11/s1. The van der Waals surface area contributed by atoms with Gasteiger partial charge in [0, 0.05) is 15.7 Å². The Hall–Kier alpha value is -4.40. The quantitative estimate of drug-likeness (QED) is 0.133. The number of thioether (sulfide) groups is 1. The van der Waals surface area contributed by atoms with Crippen molar-refractivity contribution in [2.24, 2.45) is 11.8 Å². The summed E-state index contributed by atoms with van der Waals surface area (Å²) in [7, 11) is 0. The Balaban J connectivity index is 0.000000164. The summed E-state index contributed by atoms with van der Waals surface area (Å²) >= 11 is 1.70. The fourth-order valence-corrected chi connectivity index (χ4v) is 12.7. The molecule has 0 radical (unpaired) electrons. The van der Waals surface area contributed by atoms with Gasteiger partial charge in [-0.25, -0.2) is 13.8 Å². The lowest BCUT2D eigenvalue weighted by Crippen LogP contribution is -2.54. The molecule has 14 heteroatoms. The van der Waals surface area contributed by atoms with Gasteiger partial charge in [0.15, 0.2) is 11.2 Å². The zero-order chi connectivity index (χ0) is 46.2. The van der Waals surface area contributed by atoms with E-state index >= 15 is 0 Å². The maximum absolute atomic E-state index is 13.7.